The van der Waals surface area contributed by atoms with Crippen LogP contribution in [-0.4, -0.2) is 96.7 Å². The van der Waals surface area contributed by atoms with E-state index < -0.39 is 97.5 Å². The van der Waals surface area contributed by atoms with Gasteiger partial charge in [0, 0.05) is 25.7 Å². The topological polar surface area (TPSA) is 237 Å². The van der Waals surface area contributed by atoms with Gasteiger partial charge >= 0.3 is 39.5 Å². The second-order valence-corrected chi connectivity index (χ2v) is 33.0. The zero-order valence-electron chi connectivity index (χ0n) is 65.5. The molecule has 0 aromatic carbocycles. The molecule has 0 radical (unpaired) electrons. The number of rotatable bonds is 80. The quantitative estimate of drug-likeness (QED) is 0.0222. The summed E-state index contributed by atoms with van der Waals surface area (Å²) in [5, 5.41) is 10.6. The Labute approximate surface area is 613 Å². The van der Waals surface area contributed by atoms with E-state index in [0.717, 1.165) is 102 Å². The molecule has 2 unspecified atom stereocenters. The predicted molar refractivity (Wildman–Crippen MR) is 409 cm³/mol. The predicted octanol–water partition coefficient (Wildman–Crippen LogP) is 24.3. The third-order valence-corrected chi connectivity index (χ3v) is 20.9. The van der Waals surface area contributed by atoms with Crippen molar-refractivity contribution in [2.45, 2.75) is 445 Å². The first kappa shape index (κ1) is 98.1. The Morgan fingerprint density at radius 3 is 0.680 bits per heavy atom. The molecule has 0 aliphatic heterocycles. The van der Waals surface area contributed by atoms with Gasteiger partial charge in [0.2, 0.25) is 0 Å². The molecule has 0 aliphatic carbocycles. The lowest BCUT2D eigenvalue weighted by Crippen LogP contribution is -2.30. The number of carbonyl (C=O) groups excluding carboxylic acids is 4. The molecule has 17 nitrogen and oxygen atoms in total. The van der Waals surface area contributed by atoms with Crippen LogP contribution < -0.4 is 0 Å². The van der Waals surface area contributed by atoms with Crippen molar-refractivity contribution in [1.29, 1.82) is 0 Å². The van der Waals surface area contributed by atoms with Crippen LogP contribution in [0.5, 0.6) is 0 Å². The van der Waals surface area contributed by atoms with Gasteiger partial charge < -0.3 is 33.8 Å². The minimum Gasteiger partial charge on any atom is -0.462 e. The van der Waals surface area contributed by atoms with Crippen molar-refractivity contribution in [2.75, 3.05) is 39.6 Å². The molecule has 0 aromatic heterocycles. The average Bonchev–Trinajstić information content (AvgIpc) is 0.934. The van der Waals surface area contributed by atoms with E-state index in [-0.39, 0.29) is 25.7 Å². The van der Waals surface area contributed by atoms with Crippen LogP contribution >= 0.6 is 15.6 Å². The van der Waals surface area contributed by atoms with Crippen molar-refractivity contribution in [3.8, 4) is 0 Å². The number of esters is 4. The van der Waals surface area contributed by atoms with Crippen molar-refractivity contribution in [3.05, 3.63) is 0 Å². The Morgan fingerprint density at radius 2 is 0.460 bits per heavy atom. The first-order valence-electron chi connectivity index (χ1n) is 42.0. The molecule has 0 saturated carbocycles. The molecule has 19 heteroatoms. The number of ether oxygens (including phenoxy) is 4. The number of aliphatic hydroxyl groups excluding tert-OH is 1. The minimum absolute atomic E-state index is 0.106. The van der Waals surface area contributed by atoms with Crippen molar-refractivity contribution in [3.63, 3.8) is 0 Å². The molecular formula is C81H158O17P2. The Bertz CT molecular complexity index is 1920. The molecule has 0 fully saturated rings. The second kappa shape index (κ2) is 72.6. The van der Waals surface area contributed by atoms with Crippen LogP contribution in [0.1, 0.15) is 427 Å². The summed E-state index contributed by atoms with van der Waals surface area (Å²) in [4.78, 5) is 73.0. The maximum absolute atomic E-state index is 13.1. The molecule has 0 heterocycles. The molecule has 0 saturated heterocycles. The number of unbranched alkanes of at least 4 members (excludes halogenated alkanes) is 50. The van der Waals surface area contributed by atoms with Gasteiger partial charge in [-0.15, -0.1) is 0 Å². The minimum atomic E-state index is -4.96. The summed E-state index contributed by atoms with van der Waals surface area (Å²) in [6.07, 6.45) is 62.6. The zero-order valence-corrected chi connectivity index (χ0v) is 67.3. The normalized spacial score (nSPS) is 13.9. The Balaban J connectivity index is 5.23. The van der Waals surface area contributed by atoms with Crippen molar-refractivity contribution in [1.82, 2.24) is 0 Å². The van der Waals surface area contributed by atoms with E-state index in [0.29, 0.717) is 31.6 Å². The molecule has 0 aromatic rings. The highest BCUT2D eigenvalue weighted by Gasteiger charge is 2.30. The maximum atomic E-state index is 13.1. The van der Waals surface area contributed by atoms with Crippen molar-refractivity contribution in [2.24, 2.45) is 11.8 Å². The lowest BCUT2D eigenvalue weighted by Gasteiger charge is -2.21. The standard InChI is InChI=1S/C81H158O17P2/c1-7-9-11-13-15-17-19-21-23-25-26-27-28-30-32-36-40-46-53-59-65-80(85)97-76(69-91-78(83)63-57-51-45-39-35-31-29-24-22-20-18-16-14-12-10-8-2)71-95-99(87,88)93-67-75(82)68-94-100(89,90)96-72-77(70-92-79(84)64-58-52-48-42-44-50-56-62-74(5)6)98-81(86)66-60-54-47-41-37-33-34-38-43-49-55-61-73(3)4/h73-77,82H,7-72H2,1-6H3,(H,87,88)(H,89,90)/t75-,76-,77-/m1/s1. The highest BCUT2D eigenvalue weighted by molar-refractivity contribution is 7.47. The van der Waals surface area contributed by atoms with Gasteiger partial charge in [0.25, 0.3) is 0 Å². The molecule has 0 bridgehead atoms. The summed E-state index contributed by atoms with van der Waals surface area (Å²) in [5.74, 6) is -0.639. The monoisotopic (exact) mass is 1470 g/mol. The first-order valence-corrected chi connectivity index (χ1v) is 45.0. The van der Waals surface area contributed by atoms with Gasteiger partial charge in [-0.1, -0.05) is 375 Å². The largest absolute Gasteiger partial charge is 0.472 e. The Morgan fingerprint density at radius 1 is 0.270 bits per heavy atom. The van der Waals surface area contributed by atoms with Crippen LogP contribution in [0, 0.1) is 11.8 Å². The number of aliphatic hydroxyl groups is 1. The van der Waals surface area contributed by atoms with E-state index in [9.17, 15) is 43.2 Å². The summed E-state index contributed by atoms with van der Waals surface area (Å²) in [6.45, 7) is 9.58. The van der Waals surface area contributed by atoms with Crippen LogP contribution in [0.4, 0.5) is 0 Å². The van der Waals surface area contributed by atoms with Crippen LogP contribution in [0.3, 0.4) is 0 Å². The number of hydrogen-bond donors (Lipinski definition) is 3. The number of phosphoric acid groups is 2. The van der Waals surface area contributed by atoms with Crippen LogP contribution in [0.2, 0.25) is 0 Å². The van der Waals surface area contributed by atoms with Crippen molar-refractivity contribution < 1.29 is 80.2 Å². The Hall–Kier alpha value is -1.94. The SMILES string of the molecule is CCCCCCCCCCCCCCCCCCCCCCC(=O)O[C@H](COC(=O)CCCCCCCCCCCCCCCCCC)COP(=O)(O)OC[C@@H](O)COP(=O)(O)OC[C@@H](COC(=O)CCCCCCCCCC(C)C)OC(=O)CCCCCCCCCCCCCC(C)C. The van der Waals surface area contributed by atoms with Gasteiger partial charge in [0.1, 0.15) is 19.3 Å². The molecule has 0 spiro atoms. The highest BCUT2D eigenvalue weighted by Crippen LogP contribution is 2.45. The van der Waals surface area contributed by atoms with E-state index >= 15 is 0 Å². The summed E-state index contributed by atoms with van der Waals surface area (Å²) >= 11 is 0. The molecule has 100 heavy (non-hydrogen) atoms. The zero-order chi connectivity index (χ0) is 73.5. The van der Waals surface area contributed by atoms with Gasteiger partial charge in [-0.05, 0) is 37.5 Å². The summed E-state index contributed by atoms with van der Waals surface area (Å²) < 4.78 is 68.7. The third kappa shape index (κ3) is 74.3. The third-order valence-electron chi connectivity index (χ3n) is 19.0. The molecular weight excluding hydrogens is 1310 g/mol. The van der Waals surface area contributed by atoms with Gasteiger partial charge in [0.05, 0.1) is 26.4 Å². The van der Waals surface area contributed by atoms with E-state index in [4.69, 9.17) is 37.0 Å². The van der Waals surface area contributed by atoms with Crippen LogP contribution in [-0.2, 0) is 65.4 Å². The smallest absolute Gasteiger partial charge is 0.462 e. The fourth-order valence-electron chi connectivity index (χ4n) is 12.5. The molecule has 594 valence electrons. The lowest BCUT2D eigenvalue weighted by atomic mass is 10.0. The molecule has 0 amide bonds. The number of hydrogen-bond acceptors (Lipinski definition) is 15. The summed E-state index contributed by atoms with van der Waals surface area (Å²) in [7, 11) is -9.92. The maximum Gasteiger partial charge on any atom is 0.472 e. The van der Waals surface area contributed by atoms with Gasteiger partial charge in [-0.3, -0.25) is 37.3 Å². The number of phosphoric ester groups is 2. The average molecular weight is 1470 g/mol. The lowest BCUT2D eigenvalue weighted by molar-refractivity contribution is -0.161. The fourth-order valence-corrected chi connectivity index (χ4v) is 14.1. The summed E-state index contributed by atoms with van der Waals surface area (Å²) in [6, 6.07) is 0. The second-order valence-electron chi connectivity index (χ2n) is 30.1. The van der Waals surface area contributed by atoms with Crippen molar-refractivity contribution >= 4 is 39.5 Å². The molecule has 0 aliphatic rings. The Kier molecular flexibility index (Phi) is 71.2. The van der Waals surface area contributed by atoms with Gasteiger partial charge in [-0.2, -0.15) is 0 Å². The summed E-state index contributed by atoms with van der Waals surface area (Å²) in [5.41, 5.74) is 0. The van der Waals surface area contributed by atoms with Crippen LogP contribution in [0.25, 0.3) is 0 Å². The van der Waals surface area contributed by atoms with Gasteiger partial charge in [0.15, 0.2) is 12.2 Å². The van der Waals surface area contributed by atoms with Crippen LogP contribution in [0.15, 0.2) is 0 Å². The number of carbonyl (C=O) groups is 4. The fraction of sp³-hybridized carbons (Fsp3) is 0.951. The molecule has 3 N–H and O–H groups in total. The molecule has 0 rings (SSSR count). The highest BCUT2D eigenvalue weighted by atomic mass is 31.2. The molecule has 5 atom stereocenters. The first-order chi connectivity index (χ1) is 48.4. The van der Waals surface area contributed by atoms with E-state index in [1.807, 2.05) is 0 Å². The van der Waals surface area contributed by atoms with E-state index in [2.05, 4.69) is 41.5 Å². The van der Waals surface area contributed by atoms with E-state index in [1.165, 1.54) is 238 Å². The van der Waals surface area contributed by atoms with E-state index in [1.54, 1.807) is 0 Å². The van der Waals surface area contributed by atoms with Gasteiger partial charge in [-0.25, -0.2) is 9.13 Å².